The molecular weight excluding hydrogens is 525 g/mol. The molecule has 0 aliphatic carbocycles. The Bertz CT molecular complexity index is 1780. The molecule has 3 N–H and O–H groups in total. The number of carbonyl (C=O) groups excluding carboxylic acids is 2. The van der Waals surface area contributed by atoms with Crippen molar-refractivity contribution < 1.29 is 19.1 Å². The van der Waals surface area contributed by atoms with Crippen LogP contribution in [0.1, 0.15) is 41.7 Å². The summed E-state index contributed by atoms with van der Waals surface area (Å²) < 4.78 is 17.2. The molecule has 3 aromatic heterocycles. The van der Waals surface area contributed by atoms with Crippen molar-refractivity contribution in [1.29, 1.82) is 0 Å². The first-order valence-electron chi connectivity index (χ1n) is 13.5. The summed E-state index contributed by atoms with van der Waals surface area (Å²) in [4.78, 5) is 32.1. The second-order valence-electron chi connectivity index (χ2n) is 10.4. The fourth-order valence-corrected chi connectivity index (χ4v) is 5.46. The smallest absolute Gasteiger partial charge is 0.324 e. The van der Waals surface area contributed by atoms with Crippen LogP contribution in [-0.4, -0.2) is 60.3 Å². The van der Waals surface area contributed by atoms with E-state index in [0.717, 1.165) is 34.9 Å². The average molecular weight is 556 g/mol. The van der Waals surface area contributed by atoms with Crippen molar-refractivity contribution in [3.8, 4) is 11.1 Å². The molecule has 0 radical (unpaired) electrons. The van der Waals surface area contributed by atoms with Crippen molar-refractivity contribution in [2.45, 2.75) is 31.8 Å². The minimum absolute atomic E-state index is 0.0729. The molecule has 0 bridgehead atoms. The number of likely N-dealkylation sites (tertiary alicyclic amines) is 1. The molecule has 1 fully saturated rings. The summed E-state index contributed by atoms with van der Waals surface area (Å²) in [6.45, 7) is 2.33. The lowest BCUT2D eigenvalue weighted by molar-refractivity contribution is 0.0941. The maximum Gasteiger partial charge on any atom is 0.324 e. The van der Waals surface area contributed by atoms with Crippen LogP contribution in [0.15, 0.2) is 67.0 Å². The van der Waals surface area contributed by atoms with Gasteiger partial charge in [-0.1, -0.05) is 18.2 Å². The Kier molecular flexibility index (Phi) is 6.88. The summed E-state index contributed by atoms with van der Waals surface area (Å²) in [5.41, 5.74) is 4.40. The third-order valence-electron chi connectivity index (χ3n) is 7.67. The first-order chi connectivity index (χ1) is 19.8. The number of aromatic nitrogens is 4. The fraction of sp³-hybridized carbons (Fsp3) is 0.267. The van der Waals surface area contributed by atoms with Gasteiger partial charge < -0.3 is 19.9 Å². The molecule has 2 aromatic carbocycles. The maximum absolute atomic E-state index is 13.7. The molecule has 1 saturated heterocycles. The van der Waals surface area contributed by atoms with E-state index in [1.54, 1.807) is 33.9 Å². The Morgan fingerprint density at radius 2 is 1.98 bits per heavy atom. The summed E-state index contributed by atoms with van der Waals surface area (Å²) in [7, 11) is 1.89. The minimum atomic E-state index is -0.373. The quantitative estimate of drug-likeness (QED) is 0.285. The van der Waals surface area contributed by atoms with Crippen LogP contribution in [0.25, 0.3) is 27.7 Å². The lowest BCUT2D eigenvalue weighted by Crippen LogP contribution is -2.40. The van der Waals surface area contributed by atoms with Crippen LogP contribution in [-0.2, 0) is 7.05 Å². The van der Waals surface area contributed by atoms with E-state index in [4.69, 9.17) is 0 Å². The number of hydrogen-bond acceptors (Lipinski definition) is 5. The van der Waals surface area contributed by atoms with E-state index < -0.39 is 0 Å². The average Bonchev–Trinajstić information content (AvgIpc) is 3.69. The Morgan fingerprint density at radius 1 is 1.15 bits per heavy atom. The highest BCUT2D eigenvalue weighted by atomic mass is 19.1. The van der Waals surface area contributed by atoms with E-state index in [2.05, 4.69) is 20.7 Å². The van der Waals surface area contributed by atoms with E-state index in [-0.39, 0.29) is 42.4 Å². The number of benzene rings is 2. The molecule has 2 atom stereocenters. The van der Waals surface area contributed by atoms with Gasteiger partial charge in [-0.25, -0.2) is 13.7 Å². The number of aliphatic hydroxyl groups is 1. The number of fused-ring (bicyclic) bond motifs is 2. The molecule has 0 saturated carbocycles. The summed E-state index contributed by atoms with van der Waals surface area (Å²) in [5, 5.41) is 20.4. The number of pyridine rings is 1. The molecule has 41 heavy (non-hydrogen) atoms. The zero-order valence-corrected chi connectivity index (χ0v) is 22.7. The van der Waals surface area contributed by atoms with Gasteiger partial charge in [-0.3, -0.25) is 10.1 Å². The van der Waals surface area contributed by atoms with Gasteiger partial charge >= 0.3 is 6.03 Å². The van der Waals surface area contributed by atoms with Crippen LogP contribution < -0.4 is 10.6 Å². The number of aliphatic hydroxyl groups excluding tert-OH is 1. The normalized spacial score (nSPS) is 15.9. The Balaban J connectivity index is 1.25. The summed E-state index contributed by atoms with van der Waals surface area (Å²) in [6.07, 6.45) is 5.18. The predicted octanol–water partition coefficient (Wildman–Crippen LogP) is 4.51. The first kappa shape index (κ1) is 26.5. The highest BCUT2D eigenvalue weighted by molar-refractivity contribution is 6.08. The number of aryl methyl sites for hydroxylation is 1. The van der Waals surface area contributed by atoms with E-state index in [1.165, 1.54) is 12.1 Å². The number of urea groups is 1. The van der Waals surface area contributed by atoms with Crippen molar-refractivity contribution in [1.82, 2.24) is 29.4 Å². The molecule has 10 nitrogen and oxygen atoms in total. The molecule has 1 aliphatic heterocycles. The fourth-order valence-electron chi connectivity index (χ4n) is 5.46. The van der Waals surface area contributed by atoms with Gasteiger partial charge in [0, 0.05) is 36.9 Å². The Hall–Kier alpha value is -4.77. The zero-order valence-electron chi connectivity index (χ0n) is 22.7. The number of nitrogens with one attached hydrogen (secondary N) is 2. The summed E-state index contributed by atoms with van der Waals surface area (Å²) in [6, 6.07) is 15.0. The molecule has 5 aromatic rings. The molecule has 0 spiro atoms. The Labute approximate surface area is 235 Å². The van der Waals surface area contributed by atoms with E-state index in [9.17, 15) is 19.1 Å². The molecule has 11 heteroatoms. The van der Waals surface area contributed by atoms with Gasteiger partial charge in [0.2, 0.25) is 0 Å². The van der Waals surface area contributed by atoms with Gasteiger partial charge in [-0.05, 0) is 72.9 Å². The van der Waals surface area contributed by atoms with Crippen LogP contribution in [0.3, 0.4) is 0 Å². The van der Waals surface area contributed by atoms with Crippen molar-refractivity contribution in [2.75, 3.05) is 18.5 Å². The lowest BCUT2D eigenvalue weighted by atomic mass is 10.0. The standard InChI is InChI=1S/C30H30FN7O3/c1-18(19-5-3-6-22(31)13-19)32-28(40)25-16-36(2)26-9-8-20(14-24(25)26)21-10-12-38-27(15-21)33-29(35-38)34-30(41)37-11-4-7-23(37)17-39/h3,5-6,8-10,12-16,18,23,39H,4,7,11,17H2,1-2H3,(H,32,40)(H,34,35,41)/t18-,23-/m0/s1. The SMILES string of the molecule is C[C@H](NC(=O)c1cn(C)c2ccc(-c3ccn4nc(NC(=O)N5CCC[C@H]5CO)nc4c3)cc12)c1cccc(F)c1. The number of halogens is 1. The lowest BCUT2D eigenvalue weighted by Gasteiger charge is -2.22. The number of amides is 3. The molecule has 1 aliphatic rings. The van der Waals surface area contributed by atoms with Gasteiger partial charge in [0.05, 0.1) is 24.3 Å². The van der Waals surface area contributed by atoms with Crippen molar-refractivity contribution in [3.05, 3.63) is 83.9 Å². The van der Waals surface area contributed by atoms with E-state index in [0.29, 0.717) is 23.3 Å². The predicted molar refractivity (Wildman–Crippen MR) is 153 cm³/mol. The van der Waals surface area contributed by atoms with Crippen LogP contribution in [0.2, 0.25) is 0 Å². The van der Waals surface area contributed by atoms with Gasteiger partial charge in [-0.2, -0.15) is 4.98 Å². The molecule has 3 amide bonds. The van der Waals surface area contributed by atoms with Crippen molar-refractivity contribution in [2.24, 2.45) is 7.05 Å². The van der Waals surface area contributed by atoms with Gasteiger partial charge in [-0.15, -0.1) is 5.10 Å². The van der Waals surface area contributed by atoms with Crippen LogP contribution in [0.4, 0.5) is 15.1 Å². The van der Waals surface area contributed by atoms with Crippen LogP contribution in [0, 0.1) is 5.82 Å². The number of nitrogens with zero attached hydrogens (tertiary/aromatic N) is 5. The van der Waals surface area contributed by atoms with Crippen LogP contribution in [0.5, 0.6) is 0 Å². The minimum Gasteiger partial charge on any atom is -0.394 e. The zero-order chi connectivity index (χ0) is 28.7. The van der Waals surface area contributed by atoms with Gasteiger partial charge in [0.25, 0.3) is 11.9 Å². The van der Waals surface area contributed by atoms with Gasteiger partial charge in [0.15, 0.2) is 5.65 Å². The molecule has 4 heterocycles. The monoisotopic (exact) mass is 555 g/mol. The number of rotatable bonds is 6. The summed E-state index contributed by atoms with van der Waals surface area (Å²) in [5.74, 6) is -0.417. The second kappa shape index (κ2) is 10.7. The highest BCUT2D eigenvalue weighted by Gasteiger charge is 2.28. The molecule has 0 unspecified atom stereocenters. The largest absolute Gasteiger partial charge is 0.394 e. The molecule has 210 valence electrons. The highest BCUT2D eigenvalue weighted by Crippen LogP contribution is 2.29. The summed E-state index contributed by atoms with van der Waals surface area (Å²) >= 11 is 0. The first-order valence-corrected chi connectivity index (χ1v) is 13.5. The third-order valence-corrected chi connectivity index (χ3v) is 7.67. The topological polar surface area (TPSA) is 117 Å². The van der Waals surface area contributed by atoms with Crippen molar-refractivity contribution >= 4 is 34.4 Å². The van der Waals surface area contributed by atoms with Crippen LogP contribution >= 0.6 is 0 Å². The third kappa shape index (κ3) is 5.11. The maximum atomic E-state index is 13.7. The number of hydrogen-bond donors (Lipinski definition) is 3. The Morgan fingerprint density at radius 3 is 2.78 bits per heavy atom. The second-order valence-corrected chi connectivity index (χ2v) is 10.4. The van der Waals surface area contributed by atoms with Crippen molar-refractivity contribution in [3.63, 3.8) is 0 Å². The van der Waals surface area contributed by atoms with E-state index in [1.807, 2.05) is 48.9 Å². The number of anilines is 1. The molecule has 6 rings (SSSR count). The van der Waals surface area contributed by atoms with E-state index >= 15 is 0 Å². The molecular formula is C30H30FN7O3. The van der Waals surface area contributed by atoms with Gasteiger partial charge in [0.1, 0.15) is 5.82 Å². The number of carbonyl (C=O) groups is 2.